The van der Waals surface area contributed by atoms with Crippen LogP contribution in [0.4, 0.5) is 5.69 Å². The molecule has 0 unspecified atom stereocenters. The minimum Gasteiger partial charge on any atom is -0.343 e. The molecule has 30 heavy (non-hydrogen) atoms. The Morgan fingerprint density at radius 3 is 2.57 bits per heavy atom. The highest BCUT2D eigenvalue weighted by molar-refractivity contribution is 9.10. The number of hydrogen-bond acceptors (Lipinski definition) is 3. The first-order chi connectivity index (χ1) is 14.5. The SMILES string of the molecule is Cc1cc(C)cc(N=c2scc(-c3ccccc3Br)n2CCCN2CCCC2=O)c1. The van der Waals surface area contributed by atoms with Crippen LogP contribution in [0.5, 0.6) is 0 Å². The molecule has 0 radical (unpaired) electrons. The molecule has 6 heteroatoms. The van der Waals surface area contributed by atoms with E-state index in [1.54, 1.807) is 11.3 Å². The number of amides is 1. The van der Waals surface area contributed by atoms with Gasteiger partial charge in [0.2, 0.25) is 5.91 Å². The maximum atomic E-state index is 12.0. The Kier molecular flexibility index (Phi) is 6.54. The van der Waals surface area contributed by atoms with Gasteiger partial charge in [-0.15, -0.1) is 11.3 Å². The van der Waals surface area contributed by atoms with Crippen molar-refractivity contribution in [2.75, 3.05) is 13.1 Å². The molecular weight excluding hydrogens is 458 g/mol. The molecule has 0 aliphatic carbocycles. The van der Waals surface area contributed by atoms with Crippen LogP contribution in [0, 0.1) is 13.8 Å². The molecule has 1 fully saturated rings. The van der Waals surface area contributed by atoms with Crippen molar-refractivity contribution in [2.24, 2.45) is 4.99 Å². The van der Waals surface area contributed by atoms with E-state index < -0.39 is 0 Å². The van der Waals surface area contributed by atoms with Crippen LogP contribution in [0.1, 0.15) is 30.4 Å². The van der Waals surface area contributed by atoms with Gasteiger partial charge in [-0.1, -0.05) is 40.2 Å². The summed E-state index contributed by atoms with van der Waals surface area (Å²) < 4.78 is 3.37. The monoisotopic (exact) mass is 483 g/mol. The lowest BCUT2D eigenvalue weighted by Gasteiger charge is -2.16. The van der Waals surface area contributed by atoms with Crippen molar-refractivity contribution in [3.05, 3.63) is 68.2 Å². The number of rotatable bonds is 6. The van der Waals surface area contributed by atoms with Crippen molar-refractivity contribution in [3.8, 4) is 11.3 Å². The van der Waals surface area contributed by atoms with Crippen LogP contribution in [0.3, 0.4) is 0 Å². The highest BCUT2D eigenvalue weighted by Crippen LogP contribution is 2.29. The molecule has 2 aromatic carbocycles. The van der Waals surface area contributed by atoms with E-state index in [0.717, 1.165) is 58.7 Å². The molecule has 0 bridgehead atoms. The molecule has 1 aromatic heterocycles. The van der Waals surface area contributed by atoms with Crippen LogP contribution >= 0.6 is 27.3 Å². The van der Waals surface area contributed by atoms with Crippen molar-refractivity contribution in [3.63, 3.8) is 0 Å². The minimum atomic E-state index is 0.288. The maximum absolute atomic E-state index is 12.0. The smallest absolute Gasteiger partial charge is 0.222 e. The molecule has 1 saturated heterocycles. The number of likely N-dealkylation sites (tertiary alicyclic amines) is 1. The van der Waals surface area contributed by atoms with Gasteiger partial charge in [-0.3, -0.25) is 4.79 Å². The fourth-order valence-corrected chi connectivity index (χ4v) is 5.44. The van der Waals surface area contributed by atoms with Crippen molar-refractivity contribution < 1.29 is 4.79 Å². The van der Waals surface area contributed by atoms with E-state index >= 15 is 0 Å². The van der Waals surface area contributed by atoms with E-state index in [4.69, 9.17) is 4.99 Å². The van der Waals surface area contributed by atoms with Gasteiger partial charge in [-0.25, -0.2) is 4.99 Å². The third kappa shape index (κ3) is 4.76. The predicted octanol–water partition coefficient (Wildman–Crippen LogP) is 5.84. The summed E-state index contributed by atoms with van der Waals surface area (Å²) in [5.41, 5.74) is 5.73. The lowest BCUT2D eigenvalue weighted by molar-refractivity contribution is -0.127. The molecule has 3 aromatic rings. The molecule has 4 nitrogen and oxygen atoms in total. The topological polar surface area (TPSA) is 37.6 Å². The van der Waals surface area contributed by atoms with Gasteiger partial charge in [-0.2, -0.15) is 0 Å². The average Bonchev–Trinajstić information content (AvgIpc) is 3.28. The number of aryl methyl sites for hydroxylation is 2. The van der Waals surface area contributed by atoms with Crippen LogP contribution in [-0.2, 0) is 11.3 Å². The molecule has 0 spiro atoms. The molecular formula is C24H26BrN3OS. The highest BCUT2D eigenvalue weighted by atomic mass is 79.9. The Labute approximate surface area is 190 Å². The van der Waals surface area contributed by atoms with Crippen LogP contribution in [0.25, 0.3) is 11.3 Å². The molecule has 1 aliphatic rings. The van der Waals surface area contributed by atoms with Crippen molar-refractivity contribution in [1.82, 2.24) is 9.47 Å². The zero-order valence-corrected chi connectivity index (χ0v) is 19.8. The summed E-state index contributed by atoms with van der Waals surface area (Å²) in [4.78, 5) is 19.9. The van der Waals surface area contributed by atoms with Crippen LogP contribution in [-0.4, -0.2) is 28.5 Å². The third-order valence-electron chi connectivity index (χ3n) is 5.36. The Morgan fingerprint density at radius 2 is 1.87 bits per heavy atom. The van der Waals surface area contributed by atoms with Gasteiger partial charge in [0, 0.05) is 41.5 Å². The van der Waals surface area contributed by atoms with E-state index in [0.29, 0.717) is 6.42 Å². The number of halogens is 1. The summed E-state index contributed by atoms with van der Waals surface area (Å²) in [6.07, 6.45) is 2.60. The summed E-state index contributed by atoms with van der Waals surface area (Å²) in [6.45, 7) is 6.74. The second-order valence-electron chi connectivity index (χ2n) is 7.83. The fourth-order valence-electron chi connectivity index (χ4n) is 4.01. The summed E-state index contributed by atoms with van der Waals surface area (Å²) in [6, 6.07) is 14.7. The van der Waals surface area contributed by atoms with Crippen molar-refractivity contribution in [1.29, 1.82) is 0 Å². The van der Waals surface area contributed by atoms with E-state index in [1.165, 1.54) is 11.1 Å². The molecule has 0 N–H and O–H groups in total. The lowest BCUT2D eigenvalue weighted by atomic mass is 10.1. The maximum Gasteiger partial charge on any atom is 0.222 e. The van der Waals surface area contributed by atoms with Gasteiger partial charge in [-0.05, 0) is 56.0 Å². The van der Waals surface area contributed by atoms with Gasteiger partial charge in [0.25, 0.3) is 0 Å². The zero-order chi connectivity index (χ0) is 21.1. The number of hydrogen-bond donors (Lipinski definition) is 0. The zero-order valence-electron chi connectivity index (χ0n) is 17.4. The normalized spacial score (nSPS) is 14.7. The van der Waals surface area contributed by atoms with E-state index in [2.05, 4.69) is 76.1 Å². The minimum absolute atomic E-state index is 0.288. The van der Waals surface area contributed by atoms with E-state index in [-0.39, 0.29) is 5.91 Å². The number of carbonyl (C=O) groups excluding carboxylic acids is 1. The molecule has 2 heterocycles. The first-order valence-electron chi connectivity index (χ1n) is 10.4. The standard InChI is InChI=1S/C24H26BrN3OS/c1-17-13-18(2)15-19(14-17)26-24-28(12-6-11-27-10-5-9-23(27)29)22(16-30-24)20-7-3-4-8-21(20)25/h3-4,7-8,13-16H,5-6,9-12H2,1-2H3. The van der Waals surface area contributed by atoms with Crippen molar-refractivity contribution >= 4 is 38.9 Å². The Morgan fingerprint density at radius 1 is 1.10 bits per heavy atom. The number of nitrogens with zero attached hydrogens (tertiary/aromatic N) is 3. The summed E-state index contributed by atoms with van der Waals surface area (Å²) >= 11 is 5.36. The average molecular weight is 484 g/mol. The Balaban J connectivity index is 1.70. The predicted molar refractivity (Wildman–Crippen MR) is 127 cm³/mol. The Bertz CT molecular complexity index is 1110. The first-order valence-corrected chi connectivity index (χ1v) is 12.0. The fraction of sp³-hybridized carbons (Fsp3) is 0.333. The molecule has 4 rings (SSSR count). The van der Waals surface area contributed by atoms with Crippen molar-refractivity contribution in [2.45, 2.75) is 39.7 Å². The molecule has 0 saturated carbocycles. The van der Waals surface area contributed by atoms with Gasteiger partial charge in [0.05, 0.1) is 11.4 Å². The van der Waals surface area contributed by atoms with Gasteiger partial charge in [0.1, 0.15) is 0 Å². The number of carbonyl (C=O) groups is 1. The van der Waals surface area contributed by atoms with Crippen LogP contribution in [0.2, 0.25) is 0 Å². The molecule has 0 atom stereocenters. The second-order valence-corrected chi connectivity index (χ2v) is 9.52. The molecule has 1 aliphatic heterocycles. The quantitative estimate of drug-likeness (QED) is 0.433. The van der Waals surface area contributed by atoms with Crippen LogP contribution in [0.15, 0.2) is 57.3 Å². The van der Waals surface area contributed by atoms with Gasteiger partial charge < -0.3 is 9.47 Å². The summed E-state index contributed by atoms with van der Waals surface area (Å²) in [5.74, 6) is 0.288. The number of thiazole rings is 1. The summed E-state index contributed by atoms with van der Waals surface area (Å²) in [7, 11) is 0. The Hall–Kier alpha value is -2.18. The van der Waals surface area contributed by atoms with Gasteiger partial charge >= 0.3 is 0 Å². The molecule has 156 valence electrons. The second kappa shape index (κ2) is 9.31. The number of benzene rings is 2. The number of aromatic nitrogens is 1. The third-order valence-corrected chi connectivity index (χ3v) is 6.91. The summed E-state index contributed by atoms with van der Waals surface area (Å²) in [5, 5.41) is 2.18. The molecule has 1 amide bonds. The lowest BCUT2D eigenvalue weighted by Crippen LogP contribution is -2.27. The van der Waals surface area contributed by atoms with Gasteiger partial charge in [0.15, 0.2) is 4.80 Å². The van der Waals surface area contributed by atoms with Crippen LogP contribution < -0.4 is 4.80 Å². The van der Waals surface area contributed by atoms with E-state index in [9.17, 15) is 4.79 Å². The largest absolute Gasteiger partial charge is 0.343 e. The first kappa shape index (κ1) is 21.1. The van der Waals surface area contributed by atoms with E-state index in [1.807, 2.05) is 11.0 Å². The highest BCUT2D eigenvalue weighted by Gasteiger charge is 2.19.